The molecular weight excluding hydrogens is 334 g/mol. The van der Waals surface area contributed by atoms with Crippen LogP contribution in [0.4, 0.5) is 0 Å². The summed E-state index contributed by atoms with van der Waals surface area (Å²) in [5.74, 6) is 0.338. The number of hydrogen-bond donors (Lipinski definition) is 1. The summed E-state index contributed by atoms with van der Waals surface area (Å²) in [4.78, 5) is 11.9. The van der Waals surface area contributed by atoms with Gasteiger partial charge >= 0.3 is 0 Å². The number of carbonyl (C=O) groups is 1. The number of aryl methyl sites for hydroxylation is 2. The van der Waals surface area contributed by atoms with Crippen molar-refractivity contribution in [1.29, 1.82) is 0 Å². The average molecular weight is 357 g/mol. The van der Waals surface area contributed by atoms with E-state index in [0.29, 0.717) is 12.3 Å². The van der Waals surface area contributed by atoms with E-state index >= 15 is 0 Å². The summed E-state index contributed by atoms with van der Waals surface area (Å²) in [5.41, 5.74) is 4.32. The van der Waals surface area contributed by atoms with Crippen LogP contribution < -0.4 is 5.32 Å². The maximum Gasteiger partial charge on any atom is 0.230 e. The molecule has 0 spiro atoms. The second-order valence-corrected chi connectivity index (χ2v) is 7.30. The summed E-state index contributed by atoms with van der Waals surface area (Å²) in [5, 5.41) is 12.2. The first kappa shape index (κ1) is 17.9. The smallest absolute Gasteiger partial charge is 0.230 e. The zero-order valence-corrected chi connectivity index (χ0v) is 15.4. The molecule has 3 rings (SSSR count). The van der Waals surface area contributed by atoms with E-state index < -0.39 is 0 Å². The standard InChI is InChI=1S/C19H23N3O2S/c1-13-5-6-14(2)16(10-13)17-7-8-19(22-21-17)25-12-18(23)20-11-15-4-3-9-24-15/h5-8,10,15H,3-4,9,11-12H2,1-2H3,(H,20,23). The van der Waals surface area contributed by atoms with E-state index in [2.05, 4.69) is 47.6 Å². The van der Waals surface area contributed by atoms with Crippen molar-refractivity contribution in [1.82, 2.24) is 15.5 Å². The maximum absolute atomic E-state index is 11.9. The molecule has 1 aromatic heterocycles. The number of nitrogens with zero attached hydrogens (tertiary/aromatic N) is 2. The van der Waals surface area contributed by atoms with Crippen LogP contribution in [0, 0.1) is 13.8 Å². The molecule has 6 heteroatoms. The van der Waals surface area contributed by atoms with Gasteiger partial charge in [0.15, 0.2) is 0 Å². The molecular formula is C19H23N3O2S. The van der Waals surface area contributed by atoms with Crippen molar-refractivity contribution in [2.45, 2.75) is 37.8 Å². The third-order valence-electron chi connectivity index (χ3n) is 4.21. The van der Waals surface area contributed by atoms with Crippen LogP contribution in [-0.2, 0) is 9.53 Å². The second kappa shape index (κ2) is 8.45. The molecule has 1 atom stereocenters. The van der Waals surface area contributed by atoms with Gasteiger partial charge in [0, 0.05) is 18.7 Å². The van der Waals surface area contributed by atoms with Crippen LogP contribution in [0.2, 0.25) is 0 Å². The van der Waals surface area contributed by atoms with Crippen LogP contribution >= 0.6 is 11.8 Å². The molecule has 0 aliphatic carbocycles. The van der Waals surface area contributed by atoms with E-state index in [4.69, 9.17) is 4.74 Å². The first-order valence-electron chi connectivity index (χ1n) is 8.54. The highest BCUT2D eigenvalue weighted by Gasteiger charge is 2.16. The van der Waals surface area contributed by atoms with Crippen molar-refractivity contribution in [3.05, 3.63) is 41.5 Å². The lowest BCUT2D eigenvalue weighted by molar-refractivity contribution is -0.119. The Morgan fingerprint density at radius 2 is 2.16 bits per heavy atom. The van der Waals surface area contributed by atoms with Gasteiger partial charge in [-0.05, 0) is 50.5 Å². The van der Waals surface area contributed by atoms with Crippen LogP contribution in [0.15, 0.2) is 35.4 Å². The molecule has 0 saturated carbocycles. The number of hydrogen-bond acceptors (Lipinski definition) is 5. The molecule has 1 aromatic carbocycles. The third-order valence-corrected chi connectivity index (χ3v) is 5.13. The van der Waals surface area contributed by atoms with E-state index in [0.717, 1.165) is 35.7 Å². The summed E-state index contributed by atoms with van der Waals surface area (Å²) >= 11 is 1.40. The van der Waals surface area contributed by atoms with Crippen LogP contribution in [-0.4, -0.2) is 41.1 Å². The highest BCUT2D eigenvalue weighted by Crippen LogP contribution is 2.23. The van der Waals surface area contributed by atoms with Gasteiger partial charge in [-0.2, -0.15) is 0 Å². The number of amides is 1. The van der Waals surface area contributed by atoms with E-state index in [1.54, 1.807) is 0 Å². The summed E-state index contributed by atoms with van der Waals surface area (Å²) < 4.78 is 5.50. The molecule has 1 fully saturated rings. The minimum absolute atomic E-state index is 0.000838. The van der Waals surface area contributed by atoms with Gasteiger partial charge in [0.25, 0.3) is 0 Å². The van der Waals surface area contributed by atoms with Crippen molar-refractivity contribution in [3.63, 3.8) is 0 Å². The quantitative estimate of drug-likeness (QED) is 0.805. The Hall–Kier alpha value is -1.92. The van der Waals surface area contributed by atoms with Crippen LogP contribution in [0.5, 0.6) is 0 Å². The van der Waals surface area contributed by atoms with Gasteiger partial charge in [-0.3, -0.25) is 4.79 Å². The topological polar surface area (TPSA) is 64.1 Å². The Balaban J connectivity index is 1.52. The number of carbonyl (C=O) groups excluding carboxylic acids is 1. The minimum atomic E-state index is 0.000838. The largest absolute Gasteiger partial charge is 0.376 e. The number of rotatable bonds is 6. The first-order chi connectivity index (χ1) is 12.1. The van der Waals surface area contributed by atoms with Crippen molar-refractivity contribution < 1.29 is 9.53 Å². The Kier molecular flexibility index (Phi) is 6.04. The highest BCUT2D eigenvalue weighted by molar-refractivity contribution is 7.99. The van der Waals surface area contributed by atoms with Crippen molar-refractivity contribution in [3.8, 4) is 11.3 Å². The molecule has 1 amide bonds. The number of ether oxygens (including phenoxy) is 1. The van der Waals surface area contributed by atoms with Gasteiger partial charge in [-0.15, -0.1) is 10.2 Å². The van der Waals surface area contributed by atoms with Crippen molar-refractivity contribution in [2.75, 3.05) is 18.9 Å². The number of thioether (sulfide) groups is 1. The summed E-state index contributed by atoms with van der Waals surface area (Å²) in [7, 11) is 0. The van der Waals surface area contributed by atoms with Crippen LogP contribution in [0.25, 0.3) is 11.3 Å². The SMILES string of the molecule is Cc1ccc(C)c(-c2ccc(SCC(=O)NCC3CCCO3)nn2)c1. The van der Waals surface area contributed by atoms with Crippen molar-refractivity contribution in [2.24, 2.45) is 0 Å². The fourth-order valence-electron chi connectivity index (χ4n) is 2.78. The molecule has 2 heterocycles. The fourth-order valence-corrected chi connectivity index (χ4v) is 3.42. The van der Waals surface area contributed by atoms with Crippen LogP contribution in [0.3, 0.4) is 0 Å². The molecule has 1 N–H and O–H groups in total. The molecule has 0 bridgehead atoms. The van der Waals surface area contributed by atoms with Gasteiger partial charge in [-0.1, -0.05) is 29.5 Å². The predicted octanol–water partition coefficient (Wildman–Crippen LogP) is 3.15. The zero-order valence-electron chi connectivity index (χ0n) is 14.6. The summed E-state index contributed by atoms with van der Waals surface area (Å²) in [6.07, 6.45) is 2.28. The van der Waals surface area contributed by atoms with E-state index in [1.807, 2.05) is 12.1 Å². The summed E-state index contributed by atoms with van der Waals surface area (Å²) in [6, 6.07) is 10.2. The lowest BCUT2D eigenvalue weighted by Crippen LogP contribution is -2.32. The van der Waals surface area contributed by atoms with Gasteiger partial charge in [0.05, 0.1) is 17.6 Å². The molecule has 1 aliphatic rings. The molecule has 1 aliphatic heterocycles. The molecule has 5 nitrogen and oxygen atoms in total. The molecule has 2 aromatic rings. The first-order valence-corrected chi connectivity index (χ1v) is 9.53. The minimum Gasteiger partial charge on any atom is -0.376 e. The lowest BCUT2D eigenvalue weighted by Gasteiger charge is -2.10. The molecule has 0 radical (unpaired) electrons. The Bertz CT molecular complexity index is 728. The van der Waals surface area contributed by atoms with Gasteiger partial charge < -0.3 is 10.1 Å². The highest BCUT2D eigenvalue weighted by atomic mass is 32.2. The van der Waals surface area contributed by atoms with E-state index in [1.165, 1.54) is 22.9 Å². The zero-order chi connectivity index (χ0) is 17.6. The van der Waals surface area contributed by atoms with Gasteiger partial charge in [-0.25, -0.2) is 0 Å². The van der Waals surface area contributed by atoms with Gasteiger partial charge in [0.2, 0.25) is 5.91 Å². The Morgan fingerprint density at radius 1 is 1.28 bits per heavy atom. The maximum atomic E-state index is 11.9. The summed E-state index contributed by atoms with van der Waals surface area (Å²) in [6.45, 7) is 5.53. The van der Waals surface area contributed by atoms with E-state index in [9.17, 15) is 4.79 Å². The number of benzene rings is 1. The lowest BCUT2D eigenvalue weighted by atomic mass is 10.0. The average Bonchev–Trinajstić information content (AvgIpc) is 3.14. The van der Waals surface area contributed by atoms with Crippen LogP contribution in [0.1, 0.15) is 24.0 Å². The predicted molar refractivity (Wildman–Crippen MR) is 99.6 cm³/mol. The second-order valence-electron chi connectivity index (χ2n) is 6.30. The fraction of sp³-hybridized carbons (Fsp3) is 0.421. The molecule has 132 valence electrons. The monoisotopic (exact) mass is 357 g/mol. The number of nitrogens with one attached hydrogen (secondary N) is 1. The Labute approximate surface area is 152 Å². The molecule has 1 saturated heterocycles. The van der Waals surface area contributed by atoms with Gasteiger partial charge in [0.1, 0.15) is 5.03 Å². The Morgan fingerprint density at radius 3 is 2.88 bits per heavy atom. The van der Waals surface area contributed by atoms with Crippen molar-refractivity contribution >= 4 is 17.7 Å². The number of aromatic nitrogens is 2. The normalized spacial score (nSPS) is 16.8. The van der Waals surface area contributed by atoms with E-state index in [-0.39, 0.29) is 12.0 Å². The third kappa shape index (κ3) is 5.03. The molecule has 25 heavy (non-hydrogen) atoms. The molecule has 1 unspecified atom stereocenters.